The molecule has 17 heavy (non-hydrogen) atoms. The van der Waals surface area contributed by atoms with Crippen LogP contribution >= 0.6 is 0 Å². The molecule has 0 saturated heterocycles. The van der Waals surface area contributed by atoms with Crippen LogP contribution in [0, 0.1) is 5.82 Å². The Morgan fingerprint density at radius 3 is 2.53 bits per heavy atom. The normalized spacial score (nSPS) is 18.9. The van der Waals surface area contributed by atoms with Gasteiger partial charge in [0.25, 0.3) is 5.92 Å². The molecule has 1 fully saturated rings. The molecule has 5 heteroatoms. The maximum atomic E-state index is 13.5. The van der Waals surface area contributed by atoms with E-state index in [-0.39, 0.29) is 31.2 Å². The molecular formula is C12H15F3N2. The average molecular weight is 244 g/mol. The fraction of sp³-hybridized carbons (Fsp3) is 0.500. The lowest BCUT2D eigenvalue weighted by Gasteiger charge is -2.42. The summed E-state index contributed by atoms with van der Waals surface area (Å²) in [4.78, 5) is 1.70. The molecule has 0 atom stereocenters. The average Bonchev–Trinajstić information content (AvgIpc) is 2.24. The van der Waals surface area contributed by atoms with E-state index in [0.29, 0.717) is 11.3 Å². The lowest BCUT2D eigenvalue weighted by atomic mass is 9.87. The topological polar surface area (TPSA) is 29.3 Å². The Kier molecular flexibility index (Phi) is 3.03. The minimum Gasteiger partial charge on any atom is -0.371 e. The number of hydrogen-bond acceptors (Lipinski definition) is 2. The molecule has 1 aromatic rings. The predicted molar refractivity (Wildman–Crippen MR) is 60.7 cm³/mol. The molecule has 2 rings (SSSR count). The Labute approximate surface area is 98.2 Å². The van der Waals surface area contributed by atoms with Gasteiger partial charge in [-0.15, -0.1) is 0 Å². The van der Waals surface area contributed by atoms with Crippen molar-refractivity contribution in [2.75, 3.05) is 11.9 Å². The zero-order valence-corrected chi connectivity index (χ0v) is 9.59. The molecule has 0 amide bonds. The molecule has 0 aromatic heterocycles. The van der Waals surface area contributed by atoms with E-state index >= 15 is 0 Å². The summed E-state index contributed by atoms with van der Waals surface area (Å²) in [6, 6.07) is 4.44. The van der Waals surface area contributed by atoms with Crippen LogP contribution in [0.3, 0.4) is 0 Å². The van der Waals surface area contributed by atoms with E-state index in [1.54, 1.807) is 24.1 Å². The van der Waals surface area contributed by atoms with Gasteiger partial charge in [0.05, 0.1) is 0 Å². The highest BCUT2D eigenvalue weighted by atomic mass is 19.3. The van der Waals surface area contributed by atoms with Gasteiger partial charge in [-0.1, -0.05) is 6.07 Å². The van der Waals surface area contributed by atoms with Gasteiger partial charge in [-0.25, -0.2) is 13.2 Å². The minimum absolute atomic E-state index is 0.136. The van der Waals surface area contributed by atoms with Crippen molar-refractivity contribution in [1.82, 2.24) is 0 Å². The van der Waals surface area contributed by atoms with E-state index in [0.717, 1.165) is 0 Å². The molecule has 2 N–H and O–H groups in total. The van der Waals surface area contributed by atoms with Gasteiger partial charge in [0.1, 0.15) is 5.82 Å². The molecule has 2 nitrogen and oxygen atoms in total. The lowest BCUT2D eigenvalue weighted by Crippen LogP contribution is -2.49. The molecule has 0 bridgehead atoms. The van der Waals surface area contributed by atoms with Crippen molar-refractivity contribution in [2.45, 2.75) is 31.4 Å². The molecule has 1 aliphatic carbocycles. The van der Waals surface area contributed by atoms with Gasteiger partial charge in [0.2, 0.25) is 0 Å². The van der Waals surface area contributed by atoms with E-state index in [2.05, 4.69) is 0 Å². The van der Waals surface area contributed by atoms with Crippen LogP contribution in [0.25, 0.3) is 0 Å². The van der Waals surface area contributed by atoms with Gasteiger partial charge >= 0.3 is 0 Å². The fourth-order valence-electron chi connectivity index (χ4n) is 2.04. The van der Waals surface area contributed by atoms with E-state index in [1.807, 2.05) is 0 Å². The lowest BCUT2D eigenvalue weighted by molar-refractivity contribution is -0.0849. The third-order valence-corrected chi connectivity index (χ3v) is 3.28. The van der Waals surface area contributed by atoms with E-state index in [9.17, 15) is 13.2 Å². The second kappa shape index (κ2) is 4.22. The summed E-state index contributed by atoms with van der Waals surface area (Å²) < 4.78 is 39.0. The molecule has 0 spiro atoms. The first-order chi connectivity index (χ1) is 7.93. The standard InChI is InChI=1S/C12H15F3N2/c1-17(10-5-12(14,15)6-10)9-3-2-8(7-16)11(13)4-9/h2-4,10H,5-7,16H2,1H3. The molecule has 1 aromatic carbocycles. The Morgan fingerprint density at radius 2 is 2.06 bits per heavy atom. The highest BCUT2D eigenvalue weighted by Gasteiger charge is 2.47. The summed E-state index contributed by atoms with van der Waals surface area (Å²) in [6.45, 7) is 0.136. The second-order valence-electron chi connectivity index (χ2n) is 4.51. The Morgan fingerprint density at radius 1 is 1.41 bits per heavy atom. The van der Waals surface area contributed by atoms with Crippen LogP contribution in [0.5, 0.6) is 0 Å². The summed E-state index contributed by atoms with van der Waals surface area (Å²) >= 11 is 0. The maximum Gasteiger partial charge on any atom is 0.252 e. The Balaban J connectivity index is 2.10. The van der Waals surface area contributed by atoms with Crippen molar-refractivity contribution in [3.05, 3.63) is 29.6 Å². The number of nitrogens with two attached hydrogens (primary N) is 1. The zero-order valence-electron chi connectivity index (χ0n) is 9.59. The highest BCUT2D eigenvalue weighted by Crippen LogP contribution is 2.41. The fourth-order valence-corrected chi connectivity index (χ4v) is 2.04. The summed E-state index contributed by atoms with van der Waals surface area (Å²) in [6.07, 6.45) is -0.326. The number of benzene rings is 1. The molecule has 1 saturated carbocycles. The van der Waals surface area contributed by atoms with Crippen LogP contribution < -0.4 is 10.6 Å². The van der Waals surface area contributed by atoms with Crippen LogP contribution in [-0.4, -0.2) is 19.0 Å². The van der Waals surface area contributed by atoms with Crippen LogP contribution in [0.2, 0.25) is 0 Å². The SMILES string of the molecule is CN(c1ccc(CN)c(F)c1)C1CC(F)(F)C1. The summed E-state index contributed by atoms with van der Waals surface area (Å²) in [5, 5.41) is 0. The third-order valence-electron chi connectivity index (χ3n) is 3.28. The summed E-state index contributed by atoms with van der Waals surface area (Å²) in [7, 11) is 1.71. The first-order valence-corrected chi connectivity index (χ1v) is 5.52. The Bertz CT molecular complexity index is 412. The molecule has 94 valence electrons. The van der Waals surface area contributed by atoms with Gasteiger partial charge in [-0.3, -0.25) is 0 Å². The first-order valence-electron chi connectivity index (χ1n) is 5.52. The minimum atomic E-state index is -2.56. The van der Waals surface area contributed by atoms with E-state index < -0.39 is 5.92 Å². The number of anilines is 1. The smallest absolute Gasteiger partial charge is 0.252 e. The van der Waals surface area contributed by atoms with Gasteiger partial charge in [0.15, 0.2) is 0 Å². The second-order valence-corrected chi connectivity index (χ2v) is 4.51. The van der Waals surface area contributed by atoms with Crippen molar-refractivity contribution >= 4 is 5.69 Å². The van der Waals surface area contributed by atoms with Crippen LogP contribution in [0.4, 0.5) is 18.9 Å². The molecule has 0 radical (unpaired) electrons. The summed E-state index contributed by atoms with van der Waals surface area (Å²) in [5.41, 5.74) is 6.40. The zero-order chi connectivity index (χ0) is 12.6. The summed E-state index contributed by atoms with van der Waals surface area (Å²) in [5.74, 6) is -2.95. The van der Waals surface area contributed by atoms with Gasteiger partial charge in [0, 0.05) is 43.7 Å². The van der Waals surface area contributed by atoms with Crippen molar-refractivity contribution < 1.29 is 13.2 Å². The van der Waals surface area contributed by atoms with E-state index in [4.69, 9.17) is 5.73 Å². The first kappa shape index (κ1) is 12.2. The molecule has 0 unspecified atom stereocenters. The van der Waals surface area contributed by atoms with Crippen molar-refractivity contribution in [1.29, 1.82) is 0 Å². The number of alkyl halides is 2. The van der Waals surface area contributed by atoms with Crippen molar-refractivity contribution in [3.63, 3.8) is 0 Å². The number of rotatable bonds is 3. The monoisotopic (exact) mass is 244 g/mol. The quantitative estimate of drug-likeness (QED) is 0.885. The predicted octanol–water partition coefficient (Wildman–Crippen LogP) is 2.52. The number of halogens is 3. The van der Waals surface area contributed by atoms with Gasteiger partial charge in [-0.05, 0) is 12.1 Å². The van der Waals surface area contributed by atoms with Crippen molar-refractivity contribution in [2.24, 2.45) is 5.73 Å². The van der Waals surface area contributed by atoms with Gasteiger partial charge in [-0.2, -0.15) is 0 Å². The number of hydrogen-bond donors (Lipinski definition) is 1. The maximum absolute atomic E-state index is 13.5. The van der Waals surface area contributed by atoms with Crippen LogP contribution in [-0.2, 0) is 6.54 Å². The van der Waals surface area contributed by atoms with Crippen LogP contribution in [0.15, 0.2) is 18.2 Å². The third kappa shape index (κ3) is 2.39. The highest BCUT2D eigenvalue weighted by molar-refractivity contribution is 5.49. The van der Waals surface area contributed by atoms with Crippen LogP contribution in [0.1, 0.15) is 18.4 Å². The molecular weight excluding hydrogens is 229 g/mol. The van der Waals surface area contributed by atoms with Gasteiger partial charge < -0.3 is 10.6 Å². The molecule has 1 aliphatic rings. The van der Waals surface area contributed by atoms with E-state index in [1.165, 1.54) is 6.07 Å². The molecule has 0 heterocycles. The Hall–Kier alpha value is -1.23. The van der Waals surface area contributed by atoms with Crippen molar-refractivity contribution in [3.8, 4) is 0 Å². The number of nitrogens with zero attached hydrogens (tertiary/aromatic N) is 1. The molecule has 0 aliphatic heterocycles. The largest absolute Gasteiger partial charge is 0.371 e.